The van der Waals surface area contributed by atoms with Crippen LogP contribution < -0.4 is 9.80 Å². The van der Waals surface area contributed by atoms with Crippen molar-refractivity contribution < 1.29 is 12.8 Å². The molecule has 0 bridgehead atoms. The number of aromatic nitrogens is 2. The summed E-state index contributed by atoms with van der Waals surface area (Å²) in [4.78, 5) is 4.14. The molecule has 1 aromatic carbocycles. The number of hydrogen-bond donors (Lipinski definition) is 0. The maximum atomic E-state index is 13.8. The van der Waals surface area contributed by atoms with Crippen molar-refractivity contribution >= 4 is 21.7 Å². The molecule has 2 heterocycles. The van der Waals surface area contributed by atoms with Crippen LogP contribution in [-0.2, 0) is 15.8 Å². The third-order valence-corrected chi connectivity index (χ3v) is 6.80. The zero-order chi connectivity index (χ0) is 20.1. The normalized spacial score (nSPS) is 15.6. The Morgan fingerprint density at radius 1 is 1.00 bits per heavy atom. The third-order valence-electron chi connectivity index (χ3n) is 4.98. The van der Waals surface area contributed by atoms with Gasteiger partial charge in [0.2, 0.25) is 10.0 Å². The minimum Gasteiger partial charge on any atom is -0.356 e. The van der Waals surface area contributed by atoms with Gasteiger partial charge in [-0.25, -0.2) is 12.8 Å². The molecule has 152 valence electrons. The number of nitrogens with zero attached hydrogens (tertiary/aromatic N) is 5. The molecule has 2 aromatic rings. The first-order chi connectivity index (χ1) is 13.4. The van der Waals surface area contributed by atoms with Gasteiger partial charge in [-0.2, -0.15) is 4.31 Å². The molecule has 1 fully saturated rings. The van der Waals surface area contributed by atoms with Crippen LogP contribution in [0.15, 0.2) is 36.4 Å². The molecule has 1 aromatic heterocycles. The summed E-state index contributed by atoms with van der Waals surface area (Å²) in [5.41, 5.74) is 0.197. The highest BCUT2D eigenvalue weighted by Gasteiger charge is 2.28. The lowest BCUT2D eigenvalue weighted by atomic mass is 10.2. The van der Waals surface area contributed by atoms with E-state index in [-0.39, 0.29) is 11.3 Å². The second kappa shape index (κ2) is 8.83. The lowest BCUT2D eigenvalue weighted by Crippen LogP contribution is -2.49. The lowest BCUT2D eigenvalue weighted by Gasteiger charge is -2.34. The molecule has 0 amide bonds. The highest BCUT2D eigenvalue weighted by atomic mass is 32.2. The van der Waals surface area contributed by atoms with E-state index in [0.29, 0.717) is 26.2 Å². The van der Waals surface area contributed by atoms with Gasteiger partial charge in [0.25, 0.3) is 0 Å². The van der Waals surface area contributed by atoms with E-state index in [4.69, 9.17) is 0 Å². The van der Waals surface area contributed by atoms with Gasteiger partial charge >= 0.3 is 0 Å². The van der Waals surface area contributed by atoms with Gasteiger partial charge < -0.3 is 9.80 Å². The van der Waals surface area contributed by atoms with E-state index in [9.17, 15) is 12.8 Å². The highest BCUT2D eigenvalue weighted by Crippen LogP contribution is 2.19. The third kappa shape index (κ3) is 4.59. The molecular formula is C19H26FN5O2S. The molecule has 0 N–H and O–H groups in total. The van der Waals surface area contributed by atoms with Crippen LogP contribution in [0, 0.1) is 5.82 Å². The Labute approximate surface area is 165 Å². The van der Waals surface area contributed by atoms with Crippen molar-refractivity contribution in [3.05, 3.63) is 47.8 Å². The maximum Gasteiger partial charge on any atom is 0.218 e. The van der Waals surface area contributed by atoms with Crippen LogP contribution in [0.1, 0.15) is 19.4 Å². The number of sulfonamides is 1. The second-order valence-corrected chi connectivity index (χ2v) is 8.62. The molecule has 0 radical (unpaired) electrons. The fourth-order valence-electron chi connectivity index (χ4n) is 3.30. The van der Waals surface area contributed by atoms with Gasteiger partial charge in [0, 0.05) is 44.8 Å². The van der Waals surface area contributed by atoms with E-state index in [1.165, 1.54) is 16.4 Å². The average Bonchev–Trinajstić information content (AvgIpc) is 2.71. The minimum absolute atomic E-state index is 0.197. The molecular weight excluding hydrogens is 381 g/mol. The van der Waals surface area contributed by atoms with Gasteiger partial charge in [-0.1, -0.05) is 18.2 Å². The van der Waals surface area contributed by atoms with Crippen molar-refractivity contribution in [3.63, 3.8) is 0 Å². The molecule has 1 aliphatic heterocycles. The minimum atomic E-state index is -3.57. The summed E-state index contributed by atoms with van der Waals surface area (Å²) in [6.07, 6.45) is 0. The van der Waals surface area contributed by atoms with Crippen LogP contribution >= 0.6 is 0 Å². The zero-order valence-corrected chi connectivity index (χ0v) is 17.1. The maximum absolute atomic E-state index is 13.8. The summed E-state index contributed by atoms with van der Waals surface area (Å²) in [5, 5.41) is 8.59. The molecule has 0 saturated carbocycles. The molecule has 0 spiro atoms. The van der Waals surface area contributed by atoms with Crippen molar-refractivity contribution in [1.29, 1.82) is 0 Å². The largest absolute Gasteiger partial charge is 0.356 e. The molecule has 0 atom stereocenters. The van der Waals surface area contributed by atoms with Crippen molar-refractivity contribution in [3.8, 4) is 0 Å². The van der Waals surface area contributed by atoms with Gasteiger partial charge in [-0.3, -0.25) is 0 Å². The standard InChI is InChI=1S/C19H26FN5O2S/c1-3-23(4-2)18-9-10-19(22-21-18)24-11-13-25(14-12-24)28(26,27)15-16-7-5-6-8-17(16)20/h5-10H,3-4,11-15H2,1-2H3. The van der Waals surface area contributed by atoms with Crippen LogP contribution in [0.25, 0.3) is 0 Å². The number of halogens is 1. The first-order valence-corrected chi connectivity index (χ1v) is 11.1. The number of rotatable bonds is 7. The predicted octanol–water partition coefficient (Wildman–Crippen LogP) is 2.11. The Bertz CT molecular complexity index is 879. The smallest absolute Gasteiger partial charge is 0.218 e. The summed E-state index contributed by atoms with van der Waals surface area (Å²) < 4.78 is 40.5. The van der Waals surface area contributed by atoms with Crippen molar-refractivity contribution in [2.24, 2.45) is 0 Å². The summed E-state index contributed by atoms with van der Waals surface area (Å²) >= 11 is 0. The van der Waals surface area contributed by atoms with Crippen LogP contribution in [0.4, 0.5) is 16.0 Å². The first kappa shape index (κ1) is 20.5. The SMILES string of the molecule is CCN(CC)c1ccc(N2CCN(S(=O)(=O)Cc3ccccc3F)CC2)nn1. The summed E-state index contributed by atoms with van der Waals surface area (Å²) in [5.74, 6) is 0.757. The van der Waals surface area contributed by atoms with Crippen molar-refractivity contribution in [1.82, 2.24) is 14.5 Å². The summed E-state index contributed by atoms with van der Waals surface area (Å²) in [6.45, 7) is 7.60. The molecule has 1 aliphatic rings. The number of benzene rings is 1. The van der Waals surface area contributed by atoms with Crippen LogP contribution in [0.3, 0.4) is 0 Å². The van der Waals surface area contributed by atoms with Crippen LogP contribution in [-0.4, -0.2) is 62.2 Å². The number of hydrogen-bond acceptors (Lipinski definition) is 6. The molecule has 7 nitrogen and oxygen atoms in total. The Morgan fingerprint density at radius 2 is 1.68 bits per heavy atom. The average molecular weight is 408 g/mol. The summed E-state index contributed by atoms with van der Waals surface area (Å²) in [7, 11) is -3.57. The van der Waals surface area contributed by atoms with E-state index in [2.05, 4.69) is 28.9 Å². The highest BCUT2D eigenvalue weighted by molar-refractivity contribution is 7.88. The molecule has 9 heteroatoms. The fraction of sp³-hybridized carbons (Fsp3) is 0.474. The van der Waals surface area contributed by atoms with E-state index < -0.39 is 15.8 Å². The van der Waals surface area contributed by atoms with Gasteiger partial charge in [0.05, 0.1) is 5.75 Å². The lowest BCUT2D eigenvalue weighted by molar-refractivity contribution is 0.382. The second-order valence-electron chi connectivity index (χ2n) is 6.66. The number of piperazine rings is 1. The topological polar surface area (TPSA) is 69.6 Å². The molecule has 1 saturated heterocycles. The molecule has 0 aliphatic carbocycles. The van der Waals surface area contributed by atoms with Gasteiger partial charge in [0.1, 0.15) is 5.82 Å². The Morgan fingerprint density at radius 3 is 2.25 bits per heavy atom. The summed E-state index contributed by atoms with van der Waals surface area (Å²) in [6, 6.07) is 9.85. The quantitative estimate of drug-likeness (QED) is 0.700. The predicted molar refractivity (Wildman–Crippen MR) is 108 cm³/mol. The van der Waals surface area contributed by atoms with E-state index in [1.54, 1.807) is 12.1 Å². The van der Waals surface area contributed by atoms with Gasteiger partial charge in [-0.05, 0) is 32.0 Å². The van der Waals surface area contributed by atoms with Crippen LogP contribution in [0.2, 0.25) is 0 Å². The monoisotopic (exact) mass is 407 g/mol. The van der Waals surface area contributed by atoms with Crippen molar-refractivity contribution in [2.75, 3.05) is 49.1 Å². The van der Waals surface area contributed by atoms with E-state index in [1.807, 2.05) is 17.0 Å². The van der Waals surface area contributed by atoms with E-state index in [0.717, 1.165) is 24.7 Å². The van der Waals surface area contributed by atoms with Gasteiger partial charge in [0.15, 0.2) is 11.6 Å². The van der Waals surface area contributed by atoms with E-state index >= 15 is 0 Å². The number of anilines is 2. The molecule has 3 rings (SSSR count). The van der Waals surface area contributed by atoms with Crippen molar-refractivity contribution in [2.45, 2.75) is 19.6 Å². The van der Waals surface area contributed by atoms with Crippen LogP contribution in [0.5, 0.6) is 0 Å². The Hall–Kier alpha value is -2.26. The zero-order valence-electron chi connectivity index (χ0n) is 16.3. The van der Waals surface area contributed by atoms with Gasteiger partial charge in [-0.15, -0.1) is 10.2 Å². The fourth-order valence-corrected chi connectivity index (χ4v) is 4.83. The Kier molecular flexibility index (Phi) is 6.46. The Balaban J connectivity index is 1.61. The first-order valence-electron chi connectivity index (χ1n) is 9.49. The molecule has 28 heavy (non-hydrogen) atoms. The molecule has 0 unspecified atom stereocenters.